The quantitative estimate of drug-likeness (QED) is 0.862. The van der Waals surface area contributed by atoms with E-state index >= 15 is 0 Å². The van der Waals surface area contributed by atoms with Crippen LogP contribution in [0.5, 0.6) is 0 Å². The van der Waals surface area contributed by atoms with Crippen LogP contribution < -0.4 is 0 Å². The van der Waals surface area contributed by atoms with Gasteiger partial charge in [-0.25, -0.2) is 12.8 Å². The summed E-state index contributed by atoms with van der Waals surface area (Å²) >= 11 is 1.30. The monoisotopic (exact) mass is 393 g/mol. The van der Waals surface area contributed by atoms with Gasteiger partial charge in [0.25, 0.3) is 10.0 Å². The van der Waals surface area contributed by atoms with E-state index in [0.717, 1.165) is 0 Å². The molecular weight excluding hydrogens is 373 g/mol. The van der Waals surface area contributed by atoms with E-state index in [0.29, 0.717) is 21.7 Å². The number of aliphatic hydroxyl groups is 1. The van der Waals surface area contributed by atoms with Crippen molar-refractivity contribution in [2.24, 2.45) is 0 Å². The minimum absolute atomic E-state index is 0.142. The molecule has 0 saturated heterocycles. The molecular formula is C19H20FNO3S2. The number of hydrogen-bond donors (Lipinski definition) is 1. The Morgan fingerprint density at radius 2 is 1.73 bits per heavy atom. The largest absolute Gasteiger partial charge is 0.378 e. The lowest BCUT2D eigenvalue weighted by atomic mass is 9.94. The second-order valence-electron chi connectivity index (χ2n) is 6.26. The van der Waals surface area contributed by atoms with Gasteiger partial charge < -0.3 is 5.11 Å². The van der Waals surface area contributed by atoms with E-state index in [1.165, 1.54) is 40.3 Å². The van der Waals surface area contributed by atoms with Gasteiger partial charge in [0.2, 0.25) is 0 Å². The minimum atomic E-state index is -3.82. The molecule has 1 aliphatic heterocycles. The SMILES string of the molecule is CSC1=C(C)N(S(=O)(=O)c2ccccc2C)CC1(O)c1ccc(F)cc1. The molecule has 2 aromatic carbocycles. The van der Waals surface area contributed by atoms with Gasteiger partial charge in [0.15, 0.2) is 0 Å². The highest BCUT2D eigenvalue weighted by atomic mass is 32.2. The lowest BCUT2D eigenvalue weighted by Gasteiger charge is -2.27. The highest BCUT2D eigenvalue weighted by Gasteiger charge is 2.47. The summed E-state index contributed by atoms with van der Waals surface area (Å²) in [6, 6.07) is 12.3. The summed E-state index contributed by atoms with van der Waals surface area (Å²) in [7, 11) is -3.82. The molecule has 3 rings (SSSR count). The van der Waals surface area contributed by atoms with Gasteiger partial charge in [0.1, 0.15) is 11.4 Å². The van der Waals surface area contributed by atoms with Crippen LogP contribution in [0.15, 0.2) is 64.0 Å². The maximum Gasteiger partial charge on any atom is 0.264 e. The molecule has 0 spiro atoms. The number of aryl methyl sites for hydroxylation is 1. The van der Waals surface area contributed by atoms with Gasteiger partial charge in [-0.05, 0) is 49.4 Å². The van der Waals surface area contributed by atoms with Gasteiger partial charge in [-0.2, -0.15) is 0 Å². The summed E-state index contributed by atoms with van der Waals surface area (Å²) in [5.74, 6) is -0.411. The minimum Gasteiger partial charge on any atom is -0.378 e. The zero-order valence-corrected chi connectivity index (χ0v) is 16.4. The third kappa shape index (κ3) is 2.94. The van der Waals surface area contributed by atoms with Crippen LogP contribution in [0, 0.1) is 12.7 Å². The summed E-state index contributed by atoms with van der Waals surface area (Å²) in [6.07, 6.45) is 1.79. The zero-order valence-electron chi connectivity index (χ0n) is 14.7. The molecule has 26 heavy (non-hydrogen) atoms. The Balaban J connectivity index is 2.11. The Kier molecular flexibility index (Phi) is 4.90. The first-order chi connectivity index (χ1) is 12.2. The fourth-order valence-corrected chi connectivity index (χ4v) is 6.06. The van der Waals surface area contributed by atoms with Crippen molar-refractivity contribution < 1.29 is 17.9 Å². The van der Waals surface area contributed by atoms with Crippen LogP contribution in [0.2, 0.25) is 0 Å². The number of thioether (sulfide) groups is 1. The van der Waals surface area contributed by atoms with E-state index in [9.17, 15) is 17.9 Å². The lowest BCUT2D eigenvalue weighted by molar-refractivity contribution is 0.0860. The van der Waals surface area contributed by atoms with Crippen molar-refractivity contribution in [2.75, 3.05) is 12.8 Å². The van der Waals surface area contributed by atoms with Crippen LogP contribution in [-0.2, 0) is 15.6 Å². The van der Waals surface area contributed by atoms with Gasteiger partial charge in [-0.3, -0.25) is 4.31 Å². The molecule has 1 heterocycles. The third-order valence-electron chi connectivity index (χ3n) is 4.64. The fraction of sp³-hybridized carbons (Fsp3) is 0.263. The standard InChI is InChI=1S/C19H20FNO3S2/c1-13-6-4-5-7-17(13)26(23,24)21-12-19(22,18(25-3)14(21)2)15-8-10-16(20)11-9-15/h4-11,22H,12H2,1-3H3. The van der Waals surface area contributed by atoms with Crippen LogP contribution in [0.25, 0.3) is 0 Å². The number of allylic oxidation sites excluding steroid dienone is 1. The van der Waals surface area contributed by atoms with Crippen molar-refractivity contribution in [2.45, 2.75) is 24.3 Å². The molecule has 0 amide bonds. The predicted molar refractivity (Wildman–Crippen MR) is 102 cm³/mol. The number of rotatable bonds is 4. The van der Waals surface area contributed by atoms with Crippen molar-refractivity contribution in [3.8, 4) is 0 Å². The normalized spacial score (nSPS) is 20.7. The van der Waals surface area contributed by atoms with Gasteiger partial charge in [0, 0.05) is 10.6 Å². The number of sulfonamides is 1. The van der Waals surface area contributed by atoms with Crippen molar-refractivity contribution in [3.63, 3.8) is 0 Å². The first-order valence-corrected chi connectivity index (χ1v) is 10.7. The predicted octanol–water partition coefficient (Wildman–Crippen LogP) is 3.62. The van der Waals surface area contributed by atoms with E-state index in [1.54, 1.807) is 44.4 Å². The molecule has 0 bridgehead atoms. The van der Waals surface area contributed by atoms with Gasteiger partial charge >= 0.3 is 0 Å². The maximum absolute atomic E-state index is 13.3. The molecule has 1 atom stereocenters. The molecule has 0 aliphatic carbocycles. The second kappa shape index (κ2) is 6.72. The highest BCUT2D eigenvalue weighted by molar-refractivity contribution is 8.02. The summed E-state index contributed by atoms with van der Waals surface area (Å²) in [6.45, 7) is 3.28. The summed E-state index contributed by atoms with van der Waals surface area (Å²) < 4.78 is 40.9. The smallest absolute Gasteiger partial charge is 0.264 e. The number of β-amino-alcohol motifs (C(OH)–C–C–N with tert-alkyl or cyclic N) is 1. The van der Waals surface area contributed by atoms with Crippen molar-refractivity contribution in [3.05, 3.63) is 76.1 Å². The molecule has 1 unspecified atom stereocenters. The zero-order chi connectivity index (χ0) is 19.1. The van der Waals surface area contributed by atoms with Crippen LogP contribution in [0.4, 0.5) is 4.39 Å². The summed E-state index contributed by atoms with van der Waals surface area (Å²) in [4.78, 5) is 0.754. The van der Waals surface area contributed by atoms with Crippen LogP contribution in [0.3, 0.4) is 0 Å². The van der Waals surface area contributed by atoms with Gasteiger partial charge in [0.05, 0.1) is 11.4 Å². The van der Waals surface area contributed by atoms with E-state index in [1.807, 2.05) is 0 Å². The fourth-order valence-electron chi connectivity index (χ4n) is 3.31. The van der Waals surface area contributed by atoms with Crippen LogP contribution >= 0.6 is 11.8 Å². The lowest BCUT2D eigenvalue weighted by Crippen LogP contribution is -2.36. The Bertz CT molecular complexity index is 971. The molecule has 4 nitrogen and oxygen atoms in total. The van der Waals surface area contributed by atoms with E-state index in [4.69, 9.17) is 0 Å². The van der Waals surface area contributed by atoms with Gasteiger partial charge in [-0.1, -0.05) is 30.3 Å². The number of nitrogens with zero attached hydrogens (tertiary/aromatic N) is 1. The average molecular weight is 394 g/mol. The third-order valence-corrected chi connectivity index (χ3v) is 7.68. The summed E-state index contributed by atoms with van der Waals surface area (Å²) in [5, 5.41) is 11.3. The van der Waals surface area contributed by atoms with Crippen molar-refractivity contribution >= 4 is 21.8 Å². The number of hydrogen-bond acceptors (Lipinski definition) is 4. The first kappa shape index (κ1) is 18.9. The Labute approximate surface area is 157 Å². The van der Waals surface area contributed by atoms with Crippen LogP contribution in [0.1, 0.15) is 18.1 Å². The summed E-state index contributed by atoms with van der Waals surface area (Å²) in [5.41, 5.74) is 0.0772. The molecule has 1 N–H and O–H groups in total. The molecule has 2 aromatic rings. The Morgan fingerprint density at radius 3 is 2.31 bits per heavy atom. The van der Waals surface area contributed by atoms with Crippen LogP contribution in [-0.4, -0.2) is 30.6 Å². The second-order valence-corrected chi connectivity index (χ2v) is 8.91. The molecule has 0 aromatic heterocycles. The maximum atomic E-state index is 13.3. The molecule has 138 valence electrons. The topological polar surface area (TPSA) is 57.6 Å². The van der Waals surface area contributed by atoms with E-state index < -0.39 is 21.4 Å². The average Bonchev–Trinajstić information content (AvgIpc) is 2.87. The van der Waals surface area contributed by atoms with Crippen molar-refractivity contribution in [1.29, 1.82) is 0 Å². The number of benzene rings is 2. The van der Waals surface area contributed by atoms with Gasteiger partial charge in [-0.15, -0.1) is 11.8 Å². The molecule has 0 saturated carbocycles. The van der Waals surface area contributed by atoms with Crippen molar-refractivity contribution in [1.82, 2.24) is 4.31 Å². The highest BCUT2D eigenvalue weighted by Crippen LogP contribution is 2.46. The Hall–Kier alpha value is -1.83. The van der Waals surface area contributed by atoms with E-state index in [2.05, 4.69) is 0 Å². The molecule has 0 radical (unpaired) electrons. The van der Waals surface area contributed by atoms with E-state index in [-0.39, 0.29) is 11.4 Å². The Morgan fingerprint density at radius 1 is 1.12 bits per heavy atom. The number of halogens is 1. The molecule has 0 fully saturated rings. The molecule has 7 heteroatoms. The molecule has 1 aliphatic rings. The first-order valence-electron chi connectivity index (χ1n) is 8.04.